The number of alkyl halides is 2. The molecule has 18 heavy (non-hydrogen) atoms. The highest BCUT2D eigenvalue weighted by Gasteiger charge is 2.43. The van der Waals surface area contributed by atoms with Crippen molar-refractivity contribution in [1.82, 2.24) is 0 Å². The Kier molecular flexibility index (Phi) is 3.41. The normalized spacial score (nSPS) is 21.2. The maximum atomic E-state index is 13.3. The van der Waals surface area contributed by atoms with E-state index in [0.717, 1.165) is 11.1 Å². The quantitative estimate of drug-likeness (QED) is 0.801. The Labute approximate surface area is 106 Å². The Morgan fingerprint density at radius 3 is 2.11 bits per heavy atom. The van der Waals surface area contributed by atoms with Crippen LogP contribution < -0.4 is 5.73 Å². The topological polar surface area (TPSA) is 26.0 Å². The third kappa shape index (κ3) is 2.39. The van der Waals surface area contributed by atoms with E-state index in [9.17, 15) is 8.78 Å². The zero-order valence-corrected chi connectivity index (χ0v) is 10.3. The molecule has 0 bridgehead atoms. The lowest BCUT2D eigenvalue weighted by Crippen LogP contribution is -2.42. The third-order valence-corrected chi connectivity index (χ3v) is 3.99. The Balaban J connectivity index is 2.25. The summed E-state index contributed by atoms with van der Waals surface area (Å²) < 4.78 is 26.5. The molecule has 1 aromatic rings. The van der Waals surface area contributed by atoms with E-state index in [0.29, 0.717) is 19.4 Å². The summed E-state index contributed by atoms with van der Waals surface area (Å²) in [5.41, 5.74) is 7.36. The molecule has 1 aliphatic carbocycles. The zero-order valence-electron chi connectivity index (χ0n) is 10.3. The minimum absolute atomic E-state index is 0.0823. The number of hydrogen-bond acceptors (Lipinski definition) is 1. The molecule has 1 fully saturated rings. The van der Waals surface area contributed by atoms with Gasteiger partial charge in [0.15, 0.2) is 0 Å². The molecule has 1 nitrogen and oxygen atoms in total. The lowest BCUT2D eigenvalue weighted by molar-refractivity contribution is -0.0509. The lowest BCUT2D eigenvalue weighted by atomic mass is 9.68. The fraction of sp³-hybridized carbons (Fsp3) is 0.467. The summed E-state index contributed by atoms with van der Waals surface area (Å²) in [6, 6.07) is 7.54. The average Bonchev–Trinajstić information content (AvgIpc) is 2.40. The van der Waals surface area contributed by atoms with Crippen molar-refractivity contribution in [1.29, 1.82) is 0 Å². The van der Waals surface area contributed by atoms with Crippen molar-refractivity contribution in [3.05, 3.63) is 35.4 Å². The number of terminal acetylenes is 1. The molecule has 2 rings (SSSR count). The van der Waals surface area contributed by atoms with Gasteiger partial charge in [-0.1, -0.05) is 18.1 Å². The molecule has 0 unspecified atom stereocenters. The van der Waals surface area contributed by atoms with Crippen LogP contribution in [0.1, 0.15) is 36.8 Å². The number of rotatable bonds is 2. The van der Waals surface area contributed by atoms with Gasteiger partial charge in [0.1, 0.15) is 0 Å². The largest absolute Gasteiger partial charge is 0.330 e. The van der Waals surface area contributed by atoms with Gasteiger partial charge in [-0.25, -0.2) is 8.78 Å². The van der Waals surface area contributed by atoms with E-state index in [1.165, 1.54) is 0 Å². The Morgan fingerprint density at radius 2 is 1.67 bits per heavy atom. The SMILES string of the molecule is C#Cc1ccc(C2(CN)CCC(F)(F)CC2)cc1. The molecule has 0 spiro atoms. The van der Waals surface area contributed by atoms with E-state index in [2.05, 4.69) is 5.92 Å². The first-order chi connectivity index (χ1) is 8.51. The lowest BCUT2D eigenvalue weighted by Gasteiger charge is -2.39. The van der Waals surface area contributed by atoms with Crippen molar-refractivity contribution in [3.63, 3.8) is 0 Å². The van der Waals surface area contributed by atoms with Crippen molar-refractivity contribution in [2.24, 2.45) is 5.73 Å². The molecule has 1 saturated carbocycles. The van der Waals surface area contributed by atoms with Crippen molar-refractivity contribution in [3.8, 4) is 12.3 Å². The highest BCUT2D eigenvalue weighted by Crippen LogP contribution is 2.44. The molecular formula is C15H17F2N. The van der Waals surface area contributed by atoms with E-state index in [1.54, 1.807) is 0 Å². The number of halogens is 2. The van der Waals surface area contributed by atoms with Gasteiger partial charge in [0.25, 0.3) is 0 Å². The highest BCUT2D eigenvalue weighted by atomic mass is 19.3. The second kappa shape index (κ2) is 4.70. The number of benzene rings is 1. The summed E-state index contributed by atoms with van der Waals surface area (Å²) in [6.07, 6.45) is 6.01. The Morgan fingerprint density at radius 1 is 1.11 bits per heavy atom. The van der Waals surface area contributed by atoms with Gasteiger partial charge >= 0.3 is 0 Å². The van der Waals surface area contributed by atoms with Crippen LogP contribution in [-0.2, 0) is 5.41 Å². The van der Waals surface area contributed by atoms with Crippen LogP contribution >= 0.6 is 0 Å². The summed E-state index contributed by atoms with van der Waals surface area (Å²) in [5, 5.41) is 0. The van der Waals surface area contributed by atoms with Crippen LogP contribution in [0.15, 0.2) is 24.3 Å². The van der Waals surface area contributed by atoms with Crippen molar-refractivity contribution < 1.29 is 8.78 Å². The molecule has 1 aromatic carbocycles. The van der Waals surface area contributed by atoms with Gasteiger partial charge in [0, 0.05) is 30.4 Å². The zero-order chi connectivity index (χ0) is 13.2. The van der Waals surface area contributed by atoms with Gasteiger partial charge < -0.3 is 5.73 Å². The Bertz CT molecular complexity index is 446. The second-order valence-electron chi connectivity index (χ2n) is 5.06. The first-order valence-corrected chi connectivity index (χ1v) is 6.16. The van der Waals surface area contributed by atoms with Crippen LogP contribution in [0.4, 0.5) is 8.78 Å². The molecule has 0 saturated heterocycles. The highest BCUT2D eigenvalue weighted by molar-refractivity contribution is 5.37. The van der Waals surface area contributed by atoms with Crippen LogP contribution in [-0.4, -0.2) is 12.5 Å². The minimum atomic E-state index is -2.53. The van der Waals surface area contributed by atoms with E-state index in [4.69, 9.17) is 12.2 Å². The number of nitrogens with two attached hydrogens (primary N) is 1. The Hall–Kier alpha value is -1.40. The van der Waals surface area contributed by atoms with Crippen LogP contribution in [0.3, 0.4) is 0 Å². The maximum absolute atomic E-state index is 13.3. The summed E-state index contributed by atoms with van der Waals surface area (Å²) in [5.74, 6) is 0.0191. The monoisotopic (exact) mass is 249 g/mol. The van der Waals surface area contributed by atoms with Gasteiger partial charge in [-0.2, -0.15) is 0 Å². The van der Waals surface area contributed by atoms with E-state index >= 15 is 0 Å². The van der Waals surface area contributed by atoms with Crippen LogP contribution in [0.25, 0.3) is 0 Å². The summed E-state index contributed by atoms with van der Waals surface area (Å²) in [4.78, 5) is 0. The van der Waals surface area contributed by atoms with Gasteiger partial charge in [0.2, 0.25) is 5.92 Å². The molecule has 2 N–H and O–H groups in total. The molecule has 0 aliphatic heterocycles. The molecule has 3 heteroatoms. The van der Waals surface area contributed by atoms with Crippen molar-refractivity contribution in [2.75, 3.05) is 6.54 Å². The van der Waals surface area contributed by atoms with Gasteiger partial charge in [-0.15, -0.1) is 6.42 Å². The predicted octanol–water partition coefficient (Wildman–Crippen LogP) is 3.07. The molecule has 96 valence electrons. The van der Waals surface area contributed by atoms with Crippen molar-refractivity contribution in [2.45, 2.75) is 37.0 Å². The minimum Gasteiger partial charge on any atom is -0.330 e. The average molecular weight is 249 g/mol. The molecular weight excluding hydrogens is 232 g/mol. The molecule has 0 heterocycles. The molecule has 0 amide bonds. The van der Waals surface area contributed by atoms with Crippen LogP contribution in [0.2, 0.25) is 0 Å². The number of hydrogen-bond donors (Lipinski definition) is 1. The summed E-state index contributed by atoms with van der Waals surface area (Å²) in [7, 11) is 0. The fourth-order valence-corrected chi connectivity index (χ4v) is 2.62. The third-order valence-electron chi connectivity index (χ3n) is 3.99. The van der Waals surface area contributed by atoms with Crippen molar-refractivity contribution >= 4 is 0 Å². The molecule has 0 aromatic heterocycles. The van der Waals surface area contributed by atoms with Crippen LogP contribution in [0, 0.1) is 12.3 Å². The first-order valence-electron chi connectivity index (χ1n) is 6.16. The first kappa shape index (κ1) is 13.0. The molecule has 0 radical (unpaired) electrons. The van der Waals surface area contributed by atoms with Gasteiger partial charge in [-0.05, 0) is 30.5 Å². The van der Waals surface area contributed by atoms with Gasteiger partial charge in [-0.3, -0.25) is 0 Å². The van der Waals surface area contributed by atoms with E-state index in [-0.39, 0.29) is 18.3 Å². The summed E-state index contributed by atoms with van der Waals surface area (Å²) in [6.45, 7) is 0.401. The summed E-state index contributed by atoms with van der Waals surface area (Å²) >= 11 is 0. The van der Waals surface area contributed by atoms with E-state index in [1.807, 2.05) is 24.3 Å². The standard InChI is InChI=1S/C15H17F2N/c1-2-12-3-5-13(6-4-12)14(11-18)7-9-15(16,17)10-8-14/h1,3-6H,7-11,18H2. The second-order valence-corrected chi connectivity index (χ2v) is 5.06. The van der Waals surface area contributed by atoms with Crippen LogP contribution in [0.5, 0.6) is 0 Å². The maximum Gasteiger partial charge on any atom is 0.248 e. The van der Waals surface area contributed by atoms with Gasteiger partial charge in [0.05, 0.1) is 0 Å². The fourth-order valence-electron chi connectivity index (χ4n) is 2.62. The predicted molar refractivity (Wildman–Crippen MR) is 68.5 cm³/mol. The smallest absolute Gasteiger partial charge is 0.248 e. The van der Waals surface area contributed by atoms with E-state index < -0.39 is 5.92 Å². The molecule has 1 aliphatic rings. The molecule has 0 atom stereocenters.